The molecule has 0 aliphatic rings. The summed E-state index contributed by atoms with van der Waals surface area (Å²) >= 11 is 0. The Hall–Kier alpha value is -3.13. The fraction of sp³-hybridized carbons (Fsp3) is 0.278. The number of carbonyl (C=O) groups is 1. The molecule has 1 amide bonds. The van der Waals surface area contributed by atoms with Gasteiger partial charge in [-0.25, -0.2) is 4.79 Å². The van der Waals surface area contributed by atoms with E-state index in [4.69, 9.17) is 4.74 Å². The molecule has 0 saturated carbocycles. The van der Waals surface area contributed by atoms with Crippen LogP contribution in [0.15, 0.2) is 48.5 Å². The fourth-order valence-electron chi connectivity index (χ4n) is 2.37. The van der Waals surface area contributed by atoms with Gasteiger partial charge in [-0.05, 0) is 17.7 Å². The van der Waals surface area contributed by atoms with E-state index in [0.717, 1.165) is 5.56 Å². The largest absolute Gasteiger partial charge is 0.489 e. The number of aliphatic hydroxyl groups excluding tert-OH is 1. The van der Waals surface area contributed by atoms with Gasteiger partial charge < -0.3 is 19.9 Å². The third kappa shape index (κ3) is 5.45. The number of ether oxygens (including phenoxy) is 2. The smallest absolute Gasteiger partial charge is 0.407 e. The van der Waals surface area contributed by atoms with Crippen molar-refractivity contribution in [3.63, 3.8) is 0 Å². The van der Waals surface area contributed by atoms with Crippen molar-refractivity contribution < 1.29 is 24.3 Å². The summed E-state index contributed by atoms with van der Waals surface area (Å²) in [5, 5.41) is 23.2. The molecule has 0 aliphatic heterocycles. The average Bonchev–Trinajstić information content (AvgIpc) is 2.66. The van der Waals surface area contributed by atoms with Gasteiger partial charge >= 0.3 is 6.09 Å². The maximum Gasteiger partial charge on any atom is 0.407 e. The van der Waals surface area contributed by atoms with Gasteiger partial charge in [0.25, 0.3) is 5.69 Å². The van der Waals surface area contributed by atoms with Crippen molar-refractivity contribution in [2.75, 3.05) is 13.7 Å². The van der Waals surface area contributed by atoms with E-state index in [9.17, 15) is 20.0 Å². The third-order valence-electron chi connectivity index (χ3n) is 3.70. The molecule has 2 aromatic carbocycles. The van der Waals surface area contributed by atoms with Gasteiger partial charge in [-0.1, -0.05) is 30.3 Å². The van der Waals surface area contributed by atoms with Crippen LogP contribution in [-0.2, 0) is 17.8 Å². The van der Waals surface area contributed by atoms with Crippen LogP contribution in [0.4, 0.5) is 10.5 Å². The highest BCUT2D eigenvalue weighted by Gasteiger charge is 2.20. The van der Waals surface area contributed by atoms with Crippen molar-refractivity contribution in [1.82, 2.24) is 5.32 Å². The summed E-state index contributed by atoms with van der Waals surface area (Å²) in [7, 11) is 1.20. The topological polar surface area (TPSA) is 111 Å². The summed E-state index contributed by atoms with van der Waals surface area (Å²) in [4.78, 5) is 22.1. The summed E-state index contributed by atoms with van der Waals surface area (Å²) < 4.78 is 10.1. The standard InChI is InChI=1S/C18H20N2O6/c1-25-18(22)19-15(11-21)9-14-7-8-16(10-17(14)20(23)24)26-12-13-5-3-2-4-6-13/h2-8,10,15,21H,9,11-12H2,1H3,(H,19,22)/t15-/m0/s1. The number of rotatable bonds is 8. The minimum Gasteiger partial charge on any atom is -0.489 e. The van der Waals surface area contributed by atoms with Crippen LogP contribution in [0.1, 0.15) is 11.1 Å². The minimum absolute atomic E-state index is 0.0842. The van der Waals surface area contributed by atoms with Crippen LogP contribution in [0.25, 0.3) is 0 Å². The van der Waals surface area contributed by atoms with Crippen LogP contribution in [0.3, 0.4) is 0 Å². The molecule has 138 valence electrons. The van der Waals surface area contributed by atoms with E-state index in [1.54, 1.807) is 12.1 Å². The number of hydrogen-bond acceptors (Lipinski definition) is 6. The lowest BCUT2D eigenvalue weighted by Gasteiger charge is -2.16. The van der Waals surface area contributed by atoms with E-state index in [2.05, 4.69) is 10.1 Å². The number of hydrogen-bond donors (Lipinski definition) is 2. The first-order valence-corrected chi connectivity index (χ1v) is 7.93. The maximum absolute atomic E-state index is 11.4. The molecular formula is C18H20N2O6. The molecule has 8 heteroatoms. The van der Waals surface area contributed by atoms with Crippen LogP contribution < -0.4 is 10.1 Å². The average molecular weight is 360 g/mol. The SMILES string of the molecule is COC(=O)N[C@H](CO)Cc1ccc(OCc2ccccc2)cc1[N+](=O)[O-]. The van der Waals surface area contributed by atoms with E-state index in [0.29, 0.717) is 17.9 Å². The molecule has 0 spiro atoms. The number of amides is 1. The normalized spacial score (nSPS) is 11.5. The highest BCUT2D eigenvalue weighted by atomic mass is 16.6. The molecule has 0 saturated heterocycles. The molecule has 8 nitrogen and oxygen atoms in total. The summed E-state index contributed by atoms with van der Waals surface area (Å²) in [6.07, 6.45) is -0.629. The van der Waals surface area contributed by atoms with E-state index in [-0.39, 0.29) is 18.7 Å². The van der Waals surface area contributed by atoms with Crippen LogP contribution in [-0.4, -0.2) is 35.9 Å². The van der Waals surface area contributed by atoms with E-state index in [1.165, 1.54) is 13.2 Å². The van der Waals surface area contributed by atoms with Gasteiger partial charge in [-0.2, -0.15) is 0 Å². The van der Waals surface area contributed by atoms with Gasteiger partial charge in [0.2, 0.25) is 0 Å². The molecule has 0 aromatic heterocycles. The van der Waals surface area contributed by atoms with Crippen LogP contribution in [0.2, 0.25) is 0 Å². The lowest BCUT2D eigenvalue weighted by molar-refractivity contribution is -0.385. The molecule has 0 fully saturated rings. The highest BCUT2D eigenvalue weighted by molar-refractivity contribution is 5.67. The Kier molecular flexibility index (Phi) is 6.92. The molecule has 0 radical (unpaired) electrons. The lowest BCUT2D eigenvalue weighted by atomic mass is 10.0. The van der Waals surface area contributed by atoms with Crippen molar-refractivity contribution in [3.05, 3.63) is 69.8 Å². The van der Waals surface area contributed by atoms with E-state index in [1.807, 2.05) is 30.3 Å². The first kappa shape index (κ1) is 19.2. The summed E-state index contributed by atoms with van der Waals surface area (Å²) in [5.74, 6) is 0.366. The molecule has 2 aromatic rings. The second kappa shape index (κ2) is 9.38. The Bertz CT molecular complexity index is 751. The van der Waals surface area contributed by atoms with Crippen molar-refractivity contribution >= 4 is 11.8 Å². The molecule has 2 rings (SSSR count). The van der Waals surface area contributed by atoms with Crippen LogP contribution in [0, 0.1) is 10.1 Å². The Morgan fingerprint density at radius 2 is 2.00 bits per heavy atom. The Labute approximate surface area is 150 Å². The van der Waals surface area contributed by atoms with Gasteiger partial charge in [0.1, 0.15) is 12.4 Å². The first-order valence-electron chi connectivity index (χ1n) is 7.93. The molecule has 2 N–H and O–H groups in total. The second-order valence-electron chi connectivity index (χ2n) is 5.54. The number of nitrogens with one attached hydrogen (secondary N) is 1. The molecule has 1 atom stereocenters. The quantitative estimate of drug-likeness (QED) is 0.552. The number of nitro benzene ring substituents is 1. The number of methoxy groups -OCH3 is 1. The number of nitro groups is 1. The third-order valence-corrected chi connectivity index (χ3v) is 3.70. The number of nitrogens with zero attached hydrogens (tertiary/aromatic N) is 1. The Balaban J connectivity index is 2.12. The number of aliphatic hydroxyl groups is 1. The van der Waals surface area contributed by atoms with Gasteiger partial charge in [0.15, 0.2) is 0 Å². The zero-order valence-electron chi connectivity index (χ0n) is 14.3. The van der Waals surface area contributed by atoms with Gasteiger partial charge in [-0.15, -0.1) is 0 Å². The van der Waals surface area contributed by atoms with Crippen molar-refractivity contribution in [2.24, 2.45) is 0 Å². The van der Waals surface area contributed by atoms with Gasteiger partial charge in [-0.3, -0.25) is 10.1 Å². The number of benzene rings is 2. The zero-order valence-corrected chi connectivity index (χ0v) is 14.3. The van der Waals surface area contributed by atoms with Crippen LogP contribution in [0.5, 0.6) is 5.75 Å². The van der Waals surface area contributed by atoms with Crippen molar-refractivity contribution in [3.8, 4) is 5.75 Å². The lowest BCUT2D eigenvalue weighted by Crippen LogP contribution is -2.39. The Morgan fingerprint density at radius 1 is 1.27 bits per heavy atom. The molecule has 0 aliphatic carbocycles. The first-order chi connectivity index (χ1) is 12.5. The fourth-order valence-corrected chi connectivity index (χ4v) is 2.37. The van der Waals surface area contributed by atoms with Crippen molar-refractivity contribution in [1.29, 1.82) is 0 Å². The molecular weight excluding hydrogens is 340 g/mol. The summed E-state index contributed by atoms with van der Waals surface area (Å²) in [6, 6.07) is 13.3. The molecule has 0 heterocycles. The van der Waals surface area contributed by atoms with E-state index < -0.39 is 17.1 Å². The Morgan fingerprint density at radius 3 is 2.62 bits per heavy atom. The zero-order chi connectivity index (χ0) is 18.9. The monoisotopic (exact) mass is 360 g/mol. The minimum atomic E-state index is -0.713. The van der Waals surface area contributed by atoms with Crippen LogP contribution >= 0.6 is 0 Å². The predicted molar refractivity (Wildman–Crippen MR) is 94.0 cm³/mol. The predicted octanol–water partition coefficient (Wildman–Crippen LogP) is 2.43. The van der Waals surface area contributed by atoms with Gasteiger partial charge in [0, 0.05) is 12.0 Å². The van der Waals surface area contributed by atoms with Crippen molar-refractivity contribution in [2.45, 2.75) is 19.1 Å². The van der Waals surface area contributed by atoms with E-state index >= 15 is 0 Å². The summed E-state index contributed by atoms with van der Waals surface area (Å²) in [6.45, 7) is -0.0843. The molecule has 0 unspecified atom stereocenters. The molecule has 0 bridgehead atoms. The van der Waals surface area contributed by atoms with Gasteiger partial charge in [0.05, 0.1) is 30.7 Å². The second-order valence-corrected chi connectivity index (χ2v) is 5.54. The highest BCUT2D eigenvalue weighted by Crippen LogP contribution is 2.26. The number of alkyl carbamates (subject to hydrolysis) is 1. The summed E-state index contributed by atoms with van der Waals surface area (Å²) in [5.41, 5.74) is 1.18. The maximum atomic E-state index is 11.4. The number of carbonyl (C=O) groups excluding carboxylic acids is 1. The molecule has 26 heavy (non-hydrogen) atoms.